The summed E-state index contributed by atoms with van der Waals surface area (Å²) in [5, 5.41) is 0. The Labute approximate surface area is 136 Å². The Kier molecular flexibility index (Phi) is 6.86. The van der Waals surface area contributed by atoms with Crippen LogP contribution in [0.4, 0.5) is 10.5 Å². The quantitative estimate of drug-likeness (QED) is 0.847. The standard InChI is InChI=1S/C12H12N2O.C5H11NO2/c13-10-4-3-6-12(8-10)15-9-11-5-1-2-7-14-11;1-5(2,3)8-4(6)7/h1-8H,9,13H2;1-3H3,(H2,6,7). The molecule has 0 atom stereocenters. The number of rotatable bonds is 3. The number of nitrogens with zero attached hydrogens (tertiary/aromatic N) is 1. The zero-order valence-corrected chi connectivity index (χ0v) is 13.7. The first kappa shape index (κ1) is 18.3. The summed E-state index contributed by atoms with van der Waals surface area (Å²) < 4.78 is 10.1. The summed E-state index contributed by atoms with van der Waals surface area (Å²) in [6, 6.07) is 13.1. The van der Waals surface area contributed by atoms with E-state index in [0.717, 1.165) is 11.4 Å². The maximum absolute atomic E-state index is 10.0. The molecule has 0 saturated heterocycles. The van der Waals surface area contributed by atoms with Gasteiger partial charge in [0, 0.05) is 18.0 Å². The zero-order valence-electron chi connectivity index (χ0n) is 13.7. The van der Waals surface area contributed by atoms with E-state index >= 15 is 0 Å². The van der Waals surface area contributed by atoms with Gasteiger partial charge in [0.2, 0.25) is 0 Å². The van der Waals surface area contributed by atoms with Crippen LogP contribution >= 0.6 is 0 Å². The van der Waals surface area contributed by atoms with Crippen molar-refractivity contribution < 1.29 is 14.3 Å². The Hall–Kier alpha value is -2.76. The van der Waals surface area contributed by atoms with Gasteiger partial charge in [-0.25, -0.2) is 4.79 Å². The normalized spacial score (nSPS) is 10.2. The summed E-state index contributed by atoms with van der Waals surface area (Å²) >= 11 is 0. The SMILES string of the molecule is CC(C)(C)OC(N)=O.Nc1cccc(OCc2ccccn2)c1. The fourth-order valence-electron chi connectivity index (χ4n) is 1.55. The molecule has 0 saturated carbocycles. The van der Waals surface area contributed by atoms with E-state index in [2.05, 4.69) is 9.72 Å². The molecule has 1 aromatic heterocycles. The number of hydrogen-bond donors (Lipinski definition) is 2. The minimum Gasteiger partial charge on any atom is -0.487 e. The number of aromatic nitrogens is 1. The second-order valence-corrected chi connectivity index (χ2v) is 5.72. The van der Waals surface area contributed by atoms with Gasteiger partial charge in [-0.05, 0) is 45.0 Å². The van der Waals surface area contributed by atoms with Gasteiger partial charge < -0.3 is 20.9 Å². The van der Waals surface area contributed by atoms with E-state index in [1.807, 2.05) is 36.4 Å². The molecule has 23 heavy (non-hydrogen) atoms. The van der Waals surface area contributed by atoms with Crippen molar-refractivity contribution in [2.45, 2.75) is 33.0 Å². The molecule has 0 aliphatic heterocycles. The number of anilines is 1. The van der Waals surface area contributed by atoms with Crippen molar-refractivity contribution in [2.75, 3.05) is 5.73 Å². The van der Waals surface area contributed by atoms with Crippen molar-refractivity contribution in [1.29, 1.82) is 0 Å². The van der Waals surface area contributed by atoms with E-state index in [0.29, 0.717) is 12.3 Å². The Morgan fingerprint density at radius 1 is 1.17 bits per heavy atom. The first-order valence-electron chi connectivity index (χ1n) is 7.13. The van der Waals surface area contributed by atoms with Crippen LogP contribution in [0, 0.1) is 0 Å². The predicted molar refractivity (Wildman–Crippen MR) is 89.8 cm³/mol. The first-order chi connectivity index (χ1) is 10.8. The number of amides is 1. The Balaban J connectivity index is 0.000000284. The molecule has 6 nitrogen and oxygen atoms in total. The van der Waals surface area contributed by atoms with Crippen molar-refractivity contribution in [3.8, 4) is 5.75 Å². The molecule has 6 heteroatoms. The molecular weight excluding hydrogens is 294 g/mol. The maximum Gasteiger partial charge on any atom is 0.405 e. The number of hydrogen-bond acceptors (Lipinski definition) is 5. The van der Waals surface area contributed by atoms with Crippen LogP contribution in [0.2, 0.25) is 0 Å². The fraction of sp³-hybridized carbons (Fsp3) is 0.294. The molecular formula is C17H23N3O3. The van der Waals surface area contributed by atoms with Crippen LogP contribution in [0.1, 0.15) is 26.5 Å². The van der Waals surface area contributed by atoms with Gasteiger partial charge in [0.25, 0.3) is 0 Å². The molecule has 0 unspecified atom stereocenters. The fourth-order valence-corrected chi connectivity index (χ4v) is 1.55. The van der Waals surface area contributed by atoms with Gasteiger partial charge in [-0.1, -0.05) is 12.1 Å². The zero-order chi connectivity index (χ0) is 17.3. The van der Waals surface area contributed by atoms with Gasteiger partial charge in [-0.15, -0.1) is 0 Å². The van der Waals surface area contributed by atoms with Gasteiger partial charge in [0.05, 0.1) is 5.69 Å². The van der Waals surface area contributed by atoms with E-state index in [4.69, 9.17) is 16.2 Å². The summed E-state index contributed by atoms with van der Waals surface area (Å²) in [7, 11) is 0. The van der Waals surface area contributed by atoms with Crippen LogP contribution in [0.5, 0.6) is 5.75 Å². The molecule has 1 amide bonds. The molecule has 2 rings (SSSR count). The van der Waals surface area contributed by atoms with Crippen molar-refractivity contribution in [2.24, 2.45) is 5.73 Å². The number of nitrogen functional groups attached to an aromatic ring is 1. The summed E-state index contributed by atoms with van der Waals surface area (Å²) in [5.74, 6) is 0.764. The van der Waals surface area contributed by atoms with Crippen molar-refractivity contribution >= 4 is 11.8 Å². The number of ether oxygens (including phenoxy) is 2. The molecule has 1 aromatic carbocycles. The summed E-state index contributed by atoms with van der Waals surface area (Å²) in [6.45, 7) is 5.75. The number of nitrogens with two attached hydrogens (primary N) is 2. The number of carbonyl (C=O) groups excluding carboxylic acids is 1. The number of primary amides is 1. The van der Waals surface area contributed by atoms with Gasteiger partial charge in [-0.3, -0.25) is 4.98 Å². The van der Waals surface area contributed by atoms with E-state index in [1.165, 1.54) is 0 Å². The van der Waals surface area contributed by atoms with Crippen LogP contribution in [0.3, 0.4) is 0 Å². The smallest absolute Gasteiger partial charge is 0.405 e. The maximum atomic E-state index is 10.0. The molecule has 4 N–H and O–H groups in total. The average Bonchev–Trinajstić information content (AvgIpc) is 2.44. The van der Waals surface area contributed by atoms with Crippen molar-refractivity contribution in [1.82, 2.24) is 4.98 Å². The van der Waals surface area contributed by atoms with E-state index in [-0.39, 0.29) is 0 Å². The monoisotopic (exact) mass is 317 g/mol. The topological polar surface area (TPSA) is 100 Å². The number of pyridine rings is 1. The van der Waals surface area contributed by atoms with E-state index < -0.39 is 11.7 Å². The lowest BCUT2D eigenvalue weighted by molar-refractivity contribution is 0.0600. The highest BCUT2D eigenvalue weighted by Crippen LogP contribution is 2.15. The lowest BCUT2D eigenvalue weighted by atomic mass is 10.2. The number of benzene rings is 1. The second-order valence-electron chi connectivity index (χ2n) is 5.72. The molecule has 0 aliphatic rings. The molecule has 0 fully saturated rings. The van der Waals surface area contributed by atoms with E-state index in [1.54, 1.807) is 33.0 Å². The second kappa shape index (κ2) is 8.63. The Bertz CT molecular complexity index is 610. The predicted octanol–water partition coefficient (Wildman–Crippen LogP) is 3.12. The number of carbonyl (C=O) groups is 1. The minimum absolute atomic E-state index is 0.453. The lowest BCUT2D eigenvalue weighted by Gasteiger charge is -2.16. The summed E-state index contributed by atoms with van der Waals surface area (Å²) in [5.41, 5.74) is 11.5. The van der Waals surface area contributed by atoms with E-state index in [9.17, 15) is 4.79 Å². The van der Waals surface area contributed by atoms with Gasteiger partial charge in [0.15, 0.2) is 0 Å². The molecule has 1 heterocycles. The highest BCUT2D eigenvalue weighted by molar-refractivity contribution is 5.65. The van der Waals surface area contributed by atoms with Crippen molar-refractivity contribution in [3.63, 3.8) is 0 Å². The van der Waals surface area contributed by atoms with Crippen LogP contribution < -0.4 is 16.2 Å². The summed E-state index contributed by atoms with van der Waals surface area (Å²) in [6.07, 6.45) is 1.02. The molecule has 0 radical (unpaired) electrons. The Morgan fingerprint density at radius 2 is 1.91 bits per heavy atom. The van der Waals surface area contributed by atoms with Crippen molar-refractivity contribution in [3.05, 3.63) is 54.4 Å². The highest BCUT2D eigenvalue weighted by atomic mass is 16.6. The molecule has 2 aromatic rings. The third-order valence-corrected chi connectivity index (χ3v) is 2.38. The summed E-state index contributed by atoms with van der Waals surface area (Å²) in [4.78, 5) is 14.2. The molecule has 0 spiro atoms. The van der Waals surface area contributed by atoms with Gasteiger partial charge >= 0.3 is 6.09 Å². The first-order valence-corrected chi connectivity index (χ1v) is 7.13. The van der Waals surface area contributed by atoms with Crippen LogP contribution in [0.25, 0.3) is 0 Å². The van der Waals surface area contributed by atoms with Crippen LogP contribution in [0.15, 0.2) is 48.7 Å². The lowest BCUT2D eigenvalue weighted by Crippen LogP contribution is -2.27. The highest BCUT2D eigenvalue weighted by Gasteiger charge is 2.12. The largest absolute Gasteiger partial charge is 0.487 e. The molecule has 124 valence electrons. The Morgan fingerprint density at radius 3 is 2.39 bits per heavy atom. The molecule has 0 aliphatic carbocycles. The minimum atomic E-state index is -0.725. The van der Waals surface area contributed by atoms with Gasteiger partial charge in [0.1, 0.15) is 18.0 Å². The third kappa shape index (κ3) is 8.98. The molecule has 0 bridgehead atoms. The third-order valence-electron chi connectivity index (χ3n) is 2.38. The average molecular weight is 317 g/mol. The van der Waals surface area contributed by atoms with Crippen LogP contribution in [-0.2, 0) is 11.3 Å². The van der Waals surface area contributed by atoms with Gasteiger partial charge in [-0.2, -0.15) is 0 Å². The van der Waals surface area contributed by atoms with Crippen LogP contribution in [-0.4, -0.2) is 16.7 Å².